The molecule has 0 radical (unpaired) electrons. The average Bonchev–Trinajstić information content (AvgIpc) is 2.44. The van der Waals surface area contributed by atoms with E-state index in [1.165, 1.54) is 0 Å². The Kier molecular flexibility index (Phi) is 4.20. The summed E-state index contributed by atoms with van der Waals surface area (Å²) in [5.74, 6) is -0.786. The summed E-state index contributed by atoms with van der Waals surface area (Å²) < 4.78 is 0. The van der Waals surface area contributed by atoms with E-state index in [0.29, 0.717) is 0 Å². The lowest BCUT2D eigenvalue weighted by Gasteiger charge is -2.19. The number of fused-ring (bicyclic) bond motifs is 1. The van der Waals surface area contributed by atoms with Gasteiger partial charge in [0.2, 0.25) is 11.8 Å². The summed E-state index contributed by atoms with van der Waals surface area (Å²) in [5, 5.41) is 4.74. The summed E-state index contributed by atoms with van der Waals surface area (Å²) in [5.41, 5.74) is 5.92. The van der Waals surface area contributed by atoms with Crippen LogP contribution in [-0.2, 0) is 9.59 Å². The van der Waals surface area contributed by atoms with Crippen LogP contribution in [0.15, 0.2) is 42.5 Å². The number of benzene rings is 2. The van der Waals surface area contributed by atoms with Gasteiger partial charge in [-0.15, -0.1) is 0 Å². The molecule has 2 rings (SSSR count). The molecule has 0 bridgehead atoms. The molecule has 5 nitrogen and oxygen atoms in total. The van der Waals surface area contributed by atoms with Crippen LogP contribution >= 0.6 is 0 Å². The predicted molar refractivity (Wildman–Crippen MR) is 79.4 cm³/mol. The second-order valence-electron chi connectivity index (χ2n) is 4.63. The van der Waals surface area contributed by atoms with Gasteiger partial charge in [0.15, 0.2) is 0 Å². The van der Waals surface area contributed by atoms with Crippen molar-refractivity contribution in [2.75, 3.05) is 25.0 Å². The van der Waals surface area contributed by atoms with Gasteiger partial charge < -0.3 is 16.0 Å². The summed E-state index contributed by atoms with van der Waals surface area (Å²) >= 11 is 0. The van der Waals surface area contributed by atoms with Gasteiger partial charge in [-0.1, -0.05) is 30.3 Å². The standard InChI is InChI=1S/C15H17N3O2/c1-18(10-15(20)17-9-14(16)19)13-7-6-11-4-2-3-5-12(11)8-13/h2-8H,9-10H2,1H3,(H2,16,19)(H,17,20). The minimum absolute atomic E-state index is 0.135. The highest BCUT2D eigenvalue weighted by molar-refractivity contribution is 5.88. The third-order valence-corrected chi connectivity index (χ3v) is 3.01. The first kappa shape index (κ1) is 13.9. The van der Waals surface area contributed by atoms with Gasteiger partial charge in [0.05, 0.1) is 13.1 Å². The van der Waals surface area contributed by atoms with E-state index in [-0.39, 0.29) is 19.0 Å². The van der Waals surface area contributed by atoms with Crippen molar-refractivity contribution in [2.24, 2.45) is 5.73 Å². The van der Waals surface area contributed by atoms with E-state index < -0.39 is 5.91 Å². The maximum Gasteiger partial charge on any atom is 0.239 e. The Morgan fingerprint density at radius 1 is 1.15 bits per heavy atom. The fraction of sp³-hybridized carbons (Fsp3) is 0.200. The lowest BCUT2D eigenvalue weighted by molar-refractivity contribution is -0.123. The Bertz CT molecular complexity index is 640. The van der Waals surface area contributed by atoms with Crippen LogP contribution in [0.5, 0.6) is 0 Å². The molecule has 3 N–H and O–H groups in total. The summed E-state index contributed by atoms with van der Waals surface area (Å²) in [6.07, 6.45) is 0. The zero-order chi connectivity index (χ0) is 14.5. The normalized spacial score (nSPS) is 10.2. The first-order valence-electron chi connectivity index (χ1n) is 6.31. The zero-order valence-electron chi connectivity index (χ0n) is 11.3. The van der Waals surface area contributed by atoms with Crippen LogP contribution in [0.1, 0.15) is 0 Å². The molecule has 0 aliphatic rings. The molecule has 0 fully saturated rings. The molecular weight excluding hydrogens is 254 g/mol. The second-order valence-corrected chi connectivity index (χ2v) is 4.63. The molecule has 0 saturated carbocycles. The number of likely N-dealkylation sites (N-methyl/N-ethyl adjacent to an activating group) is 1. The molecule has 0 aliphatic carbocycles. The van der Waals surface area contributed by atoms with Crippen molar-refractivity contribution in [1.29, 1.82) is 0 Å². The maximum atomic E-state index is 11.6. The van der Waals surface area contributed by atoms with Gasteiger partial charge in [0.25, 0.3) is 0 Å². The molecule has 0 atom stereocenters. The van der Waals surface area contributed by atoms with E-state index in [1.54, 1.807) is 0 Å². The van der Waals surface area contributed by atoms with Gasteiger partial charge >= 0.3 is 0 Å². The van der Waals surface area contributed by atoms with Gasteiger partial charge in [0, 0.05) is 12.7 Å². The number of amides is 2. The number of anilines is 1. The van der Waals surface area contributed by atoms with Crippen molar-refractivity contribution in [1.82, 2.24) is 5.32 Å². The Hall–Kier alpha value is -2.56. The van der Waals surface area contributed by atoms with E-state index in [9.17, 15) is 9.59 Å². The SMILES string of the molecule is CN(CC(=O)NCC(N)=O)c1ccc2ccccc2c1. The lowest BCUT2D eigenvalue weighted by Crippen LogP contribution is -2.39. The van der Waals surface area contributed by atoms with E-state index in [2.05, 4.69) is 5.32 Å². The van der Waals surface area contributed by atoms with Gasteiger partial charge in [-0.25, -0.2) is 0 Å². The number of rotatable bonds is 5. The van der Waals surface area contributed by atoms with Crippen LogP contribution in [-0.4, -0.2) is 32.0 Å². The van der Waals surface area contributed by atoms with Crippen molar-refractivity contribution < 1.29 is 9.59 Å². The van der Waals surface area contributed by atoms with Crippen molar-refractivity contribution in [3.63, 3.8) is 0 Å². The van der Waals surface area contributed by atoms with Crippen LogP contribution in [0.4, 0.5) is 5.69 Å². The molecule has 0 spiro atoms. The fourth-order valence-electron chi connectivity index (χ4n) is 1.96. The molecule has 0 aliphatic heterocycles. The number of primary amides is 1. The molecule has 104 valence electrons. The van der Waals surface area contributed by atoms with Gasteiger partial charge in [-0.2, -0.15) is 0 Å². The summed E-state index contributed by atoms with van der Waals surface area (Å²) in [7, 11) is 1.83. The summed E-state index contributed by atoms with van der Waals surface area (Å²) in [6, 6.07) is 14.0. The average molecular weight is 271 g/mol. The number of carbonyl (C=O) groups is 2. The molecular formula is C15H17N3O2. The first-order valence-corrected chi connectivity index (χ1v) is 6.31. The molecule has 2 aromatic carbocycles. The van der Waals surface area contributed by atoms with Crippen molar-refractivity contribution in [3.05, 3.63) is 42.5 Å². The maximum absolute atomic E-state index is 11.6. The van der Waals surface area contributed by atoms with Crippen LogP contribution < -0.4 is 16.0 Å². The van der Waals surface area contributed by atoms with E-state index in [4.69, 9.17) is 5.73 Å². The molecule has 0 heterocycles. The molecule has 5 heteroatoms. The third-order valence-electron chi connectivity index (χ3n) is 3.01. The molecule has 0 saturated heterocycles. The first-order chi connectivity index (χ1) is 9.56. The molecule has 2 aromatic rings. The molecule has 0 unspecified atom stereocenters. The quantitative estimate of drug-likeness (QED) is 0.847. The summed E-state index contributed by atoms with van der Waals surface area (Å²) in [6.45, 7) is 0.0377. The Morgan fingerprint density at radius 2 is 1.85 bits per heavy atom. The van der Waals surface area contributed by atoms with Gasteiger partial charge in [-0.05, 0) is 22.9 Å². The highest BCUT2D eigenvalue weighted by Gasteiger charge is 2.08. The van der Waals surface area contributed by atoms with Gasteiger partial charge in [-0.3, -0.25) is 9.59 Å². The van der Waals surface area contributed by atoms with Crippen LogP contribution in [0.3, 0.4) is 0 Å². The lowest BCUT2D eigenvalue weighted by atomic mass is 10.1. The zero-order valence-corrected chi connectivity index (χ0v) is 11.3. The highest BCUT2D eigenvalue weighted by Crippen LogP contribution is 2.20. The number of nitrogens with two attached hydrogens (primary N) is 1. The smallest absolute Gasteiger partial charge is 0.239 e. The number of carbonyl (C=O) groups excluding carboxylic acids is 2. The Morgan fingerprint density at radius 3 is 2.55 bits per heavy atom. The van der Waals surface area contributed by atoms with E-state index in [1.807, 2.05) is 54.4 Å². The van der Waals surface area contributed by atoms with Crippen LogP contribution in [0.2, 0.25) is 0 Å². The Labute approximate surface area is 117 Å². The predicted octanol–water partition coefficient (Wildman–Crippen LogP) is 0.877. The van der Waals surface area contributed by atoms with Gasteiger partial charge in [0.1, 0.15) is 0 Å². The number of nitrogens with zero attached hydrogens (tertiary/aromatic N) is 1. The topological polar surface area (TPSA) is 75.4 Å². The van der Waals surface area contributed by atoms with Crippen molar-refractivity contribution >= 4 is 28.3 Å². The van der Waals surface area contributed by atoms with Crippen LogP contribution in [0, 0.1) is 0 Å². The highest BCUT2D eigenvalue weighted by atomic mass is 16.2. The molecule has 20 heavy (non-hydrogen) atoms. The van der Waals surface area contributed by atoms with E-state index in [0.717, 1.165) is 16.5 Å². The van der Waals surface area contributed by atoms with Crippen molar-refractivity contribution in [3.8, 4) is 0 Å². The second kappa shape index (κ2) is 6.06. The van der Waals surface area contributed by atoms with Crippen LogP contribution in [0.25, 0.3) is 10.8 Å². The number of nitrogens with one attached hydrogen (secondary N) is 1. The minimum atomic E-state index is -0.549. The molecule has 2 amide bonds. The van der Waals surface area contributed by atoms with E-state index >= 15 is 0 Å². The number of hydrogen-bond donors (Lipinski definition) is 2. The molecule has 0 aromatic heterocycles. The minimum Gasteiger partial charge on any atom is -0.368 e. The fourth-order valence-corrected chi connectivity index (χ4v) is 1.96. The Balaban J connectivity index is 2.05. The monoisotopic (exact) mass is 271 g/mol. The number of hydrogen-bond acceptors (Lipinski definition) is 3. The summed E-state index contributed by atoms with van der Waals surface area (Å²) in [4.78, 5) is 24.1. The largest absolute Gasteiger partial charge is 0.368 e. The third kappa shape index (κ3) is 3.47. The van der Waals surface area contributed by atoms with Crippen molar-refractivity contribution in [2.45, 2.75) is 0 Å².